The van der Waals surface area contributed by atoms with E-state index in [0.717, 1.165) is 37.7 Å². The van der Waals surface area contributed by atoms with E-state index in [9.17, 15) is 9.59 Å². The summed E-state index contributed by atoms with van der Waals surface area (Å²) in [7, 11) is 0. The molecule has 1 aromatic rings. The lowest BCUT2D eigenvalue weighted by atomic mass is 9.48. The molecule has 1 aromatic carbocycles. The summed E-state index contributed by atoms with van der Waals surface area (Å²) in [6, 6.07) is 9.80. The van der Waals surface area contributed by atoms with Crippen LogP contribution in [-0.4, -0.2) is 11.8 Å². The topological polar surface area (TPSA) is 43.4 Å². The van der Waals surface area contributed by atoms with Gasteiger partial charge >= 0.3 is 5.97 Å². The predicted molar refractivity (Wildman–Crippen MR) is 81.9 cm³/mol. The molecule has 2 atom stereocenters. The zero-order chi connectivity index (χ0) is 15.2. The van der Waals surface area contributed by atoms with Crippen LogP contribution in [0.25, 0.3) is 0 Å². The van der Waals surface area contributed by atoms with E-state index < -0.39 is 0 Å². The molecule has 0 N–H and O–H groups in total. The monoisotopic (exact) mass is 298 g/mol. The largest absolute Gasteiger partial charge is 0.461 e. The summed E-state index contributed by atoms with van der Waals surface area (Å²) in [5, 5.41) is 0. The Morgan fingerprint density at radius 3 is 2.45 bits per heavy atom. The zero-order valence-corrected chi connectivity index (χ0v) is 12.8. The normalized spacial score (nSPS) is 35.6. The molecule has 22 heavy (non-hydrogen) atoms. The van der Waals surface area contributed by atoms with Crippen molar-refractivity contribution in [1.29, 1.82) is 0 Å². The van der Waals surface area contributed by atoms with Gasteiger partial charge in [-0.3, -0.25) is 9.59 Å². The minimum Gasteiger partial charge on any atom is -0.461 e. The molecule has 3 heteroatoms. The first-order valence-electron chi connectivity index (χ1n) is 8.37. The van der Waals surface area contributed by atoms with Crippen LogP contribution in [0.5, 0.6) is 0 Å². The first-order chi connectivity index (χ1) is 10.6. The molecule has 0 saturated heterocycles. The number of esters is 1. The van der Waals surface area contributed by atoms with Gasteiger partial charge in [-0.1, -0.05) is 30.3 Å². The minimum atomic E-state index is -0.0988. The van der Waals surface area contributed by atoms with Crippen LogP contribution in [0.4, 0.5) is 0 Å². The van der Waals surface area contributed by atoms with Gasteiger partial charge in [0, 0.05) is 11.8 Å². The van der Waals surface area contributed by atoms with E-state index in [2.05, 4.69) is 0 Å². The van der Waals surface area contributed by atoms with Crippen molar-refractivity contribution in [1.82, 2.24) is 0 Å². The van der Waals surface area contributed by atoms with Crippen molar-refractivity contribution in [2.75, 3.05) is 0 Å². The van der Waals surface area contributed by atoms with E-state index in [1.165, 1.54) is 0 Å². The first-order valence-corrected chi connectivity index (χ1v) is 8.37. The van der Waals surface area contributed by atoms with Gasteiger partial charge in [0.15, 0.2) is 0 Å². The van der Waals surface area contributed by atoms with Gasteiger partial charge in [-0.2, -0.15) is 0 Å². The number of ether oxygens (including phenoxy) is 1. The van der Waals surface area contributed by atoms with E-state index in [0.29, 0.717) is 24.7 Å². The van der Waals surface area contributed by atoms with Crippen molar-refractivity contribution in [2.45, 2.75) is 45.1 Å². The number of hydrogen-bond acceptors (Lipinski definition) is 3. The summed E-state index contributed by atoms with van der Waals surface area (Å²) in [6.07, 6.45) is 5.58. The highest BCUT2D eigenvalue weighted by atomic mass is 16.5. The summed E-state index contributed by atoms with van der Waals surface area (Å²) < 4.78 is 5.47. The molecule has 4 saturated carbocycles. The highest BCUT2D eigenvalue weighted by molar-refractivity contribution is 5.86. The maximum absolute atomic E-state index is 12.3. The zero-order valence-electron chi connectivity index (χ0n) is 12.8. The van der Waals surface area contributed by atoms with Gasteiger partial charge in [-0.15, -0.1) is 0 Å². The Bertz CT molecular complexity index is 574. The predicted octanol–water partition coefficient (Wildman–Crippen LogP) is 3.52. The van der Waals surface area contributed by atoms with Crippen LogP contribution in [0.1, 0.15) is 44.1 Å². The Hall–Kier alpha value is -1.64. The van der Waals surface area contributed by atoms with E-state index in [-0.39, 0.29) is 23.2 Å². The van der Waals surface area contributed by atoms with Crippen LogP contribution in [-0.2, 0) is 20.9 Å². The number of hydrogen-bond donors (Lipinski definition) is 0. The summed E-state index contributed by atoms with van der Waals surface area (Å²) >= 11 is 0. The molecule has 4 bridgehead atoms. The number of carbonyl (C=O) groups is 2. The number of rotatable bonds is 4. The average molecular weight is 298 g/mol. The fraction of sp³-hybridized carbons (Fsp3) is 0.579. The summed E-state index contributed by atoms with van der Waals surface area (Å²) in [5.41, 5.74) is 1.08. The molecule has 0 radical (unpaired) electrons. The van der Waals surface area contributed by atoms with Gasteiger partial charge in [0.25, 0.3) is 0 Å². The van der Waals surface area contributed by atoms with Gasteiger partial charge in [0.05, 0.1) is 6.42 Å². The van der Waals surface area contributed by atoms with Crippen LogP contribution in [0, 0.1) is 23.2 Å². The van der Waals surface area contributed by atoms with Gasteiger partial charge in [-0.05, 0) is 49.0 Å². The Morgan fingerprint density at radius 1 is 1.09 bits per heavy atom. The Labute approximate surface area is 131 Å². The van der Waals surface area contributed by atoms with E-state index in [1.807, 2.05) is 30.3 Å². The second-order valence-corrected chi connectivity index (χ2v) is 7.57. The molecule has 2 unspecified atom stereocenters. The summed E-state index contributed by atoms with van der Waals surface area (Å²) in [6.45, 7) is 0.352. The Kier molecular flexibility index (Phi) is 3.32. The third kappa shape index (κ3) is 2.47. The highest BCUT2D eigenvalue weighted by Crippen LogP contribution is 2.60. The van der Waals surface area contributed by atoms with Crippen molar-refractivity contribution in [3.63, 3.8) is 0 Å². The molecule has 116 valence electrons. The maximum Gasteiger partial charge on any atom is 0.306 e. The van der Waals surface area contributed by atoms with E-state index >= 15 is 0 Å². The lowest BCUT2D eigenvalue weighted by molar-refractivity contribution is -0.160. The van der Waals surface area contributed by atoms with Gasteiger partial charge < -0.3 is 4.74 Å². The molecular formula is C19H22O3. The van der Waals surface area contributed by atoms with Gasteiger partial charge in [-0.25, -0.2) is 0 Å². The van der Waals surface area contributed by atoms with Crippen LogP contribution >= 0.6 is 0 Å². The molecular weight excluding hydrogens is 276 g/mol. The Morgan fingerprint density at radius 2 is 1.77 bits per heavy atom. The molecule has 4 aliphatic rings. The fourth-order valence-corrected chi connectivity index (χ4v) is 5.22. The highest BCUT2D eigenvalue weighted by Gasteiger charge is 2.55. The number of carbonyl (C=O) groups excluding carboxylic acids is 2. The molecule has 0 spiro atoms. The van der Waals surface area contributed by atoms with Crippen molar-refractivity contribution in [3.05, 3.63) is 35.9 Å². The molecule has 5 rings (SSSR count). The average Bonchev–Trinajstić information content (AvgIpc) is 2.50. The third-order valence-corrected chi connectivity index (χ3v) is 5.88. The Balaban J connectivity index is 1.39. The number of Topliss-reactive ketones (excluding diaryl/α,β-unsaturated/α-hetero) is 1. The van der Waals surface area contributed by atoms with Crippen molar-refractivity contribution < 1.29 is 14.3 Å². The maximum atomic E-state index is 12.3. The quantitative estimate of drug-likeness (QED) is 0.799. The third-order valence-electron chi connectivity index (χ3n) is 5.88. The molecule has 3 nitrogen and oxygen atoms in total. The number of ketones is 1. The van der Waals surface area contributed by atoms with Crippen LogP contribution < -0.4 is 0 Å². The smallest absolute Gasteiger partial charge is 0.306 e. The van der Waals surface area contributed by atoms with Crippen LogP contribution in [0.15, 0.2) is 30.3 Å². The van der Waals surface area contributed by atoms with Crippen molar-refractivity contribution in [3.8, 4) is 0 Å². The van der Waals surface area contributed by atoms with Crippen LogP contribution in [0.2, 0.25) is 0 Å². The first kappa shape index (κ1) is 14.0. The molecule has 4 aliphatic carbocycles. The molecule has 0 aromatic heterocycles. The fourth-order valence-electron chi connectivity index (χ4n) is 5.22. The summed E-state index contributed by atoms with van der Waals surface area (Å²) in [5.74, 6) is 1.50. The molecule has 0 aliphatic heterocycles. The lowest BCUT2D eigenvalue weighted by Crippen LogP contribution is -2.52. The van der Waals surface area contributed by atoms with Crippen molar-refractivity contribution in [2.24, 2.45) is 23.2 Å². The minimum absolute atomic E-state index is 0.0538. The molecule has 4 fully saturated rings. The van der Waals surface area contributed by atoms with E-state index in [4.69, 9.17) is 4.74 Å². The molecule has 0 heterocycles. The SMILES string of the molecule is O=C(CC12CC3CC(C1)C(=O)C(C3)C2)OCc1ccccc1. The van der Waals surface area contributed by atoms with Gasteiger partial charge in [0.2, 0.25) is 0 Å². The second kappa shape index (κ2) is 5.22. The van der Waals surface area contributed by atoms with Gasteiger partial charge in [0.1, 0.15) is 12.4 Å². The number of benzene rings is 1. The second-order valence-electron chi connectivity index (χ2n) is 7.57. The molecule has 0 amide bonds. The summed E-state index contributed by atoms with van der Waals surface area (Å²) in [4.78, 5) is 24.5. The lowest BCUT2D eigenvalue weighted by Gasteiger charge is -2.55. The standard InChI is InChI=1S/C19H22O3/c20-17(22-12-13-4-2-1-3-5-13)11-19-8-14-6-15(9-19)18(21)16(7-14)10-19/h1-5,14-16H,6-12H2. The van der Waals surface area contributed by atoms with Crippen molar-refractivity contribution >= 4 is 11.8 Å². The van der Waals surface area contributed by atoms with Crippen LogP contribution in [0.3, 0.4) is 0 Å². The van der Waals surface area contributed by atoms with E-state index in [1.54, 1.807) is 0 Å².